The van der Waals surface area contributed by atoms with Crippen molar-refractivity contribution in [3.8, 4) is 11.1 Å². The largest absolute Gasteiger partial charge is 0.382 e. The molecule has 2 heterocycles. The van der Waals surface area contributed by atoms with Crippen molar-refractivity contribution in [2.75, 3.05) is 11.6 Å². The zero-order valence-corrected chi connectivity index (χ0v) is 18.1. The zero-order valence-electron chi connectivity index (χ0n) is 17.3. The van der Waals surface area contributed by atoms with Gasteiger partial charge in [0.05, 0.1) is 4.90 Å². The zero-order chi connectivity index (χ0) is 20.6. The molecule has 2 N–H and O–H groups in total. The van der Waals surface area contributed by atoms with Crippen LogP contribution in [0.1, 0.15) is 44.7 Å². The highest BCUT2D eigenvalue weighted by molar-refractivity contribution is 7.90. The molecular formula is C23H29N3O2S. The van der Waals surface area contributed by atoms with E-state index in [0.717, 1.165) is 52.3 Å². The maximum atomic E-state index is 12.2. The van der Waals surface area contributed by atoms with Crippen LogP contribution in [0.5, 0.6) is 0 Å². The molecule has 0 amide bonds. The van der Waals surface area contributed by atoms with Crippen LogP contribution < -0.4 is 5.32 Å². The standard InChI is InChI=1S/C23H29N3O2S/c1-4-16-5-7-17(8-6-16)26-22-10-9-18(29(3,27)28)14-21(22)20-13-15(2)25-23-19(20)11-12-24-23/h9-14,16-17,26H,4-8H2,1-3H3,(H,24,25). The van der Waals surface area contributed by atoms with Gasteiger partial charge in [-0.3, -0.25) is 0 Å². The number of aryl methyl sites for hydroxylation is 1. The molecule has 154 valence electrons. The van der Waals surface area contributed by atoms with Gasteiger partial charge in [-0.05, 0) is 74.4 Å². The second kappa shape index (κ2) is 7.82. The number of fused-ring (bicyclic) bond motifs is 1. The highest BCUT2D eigenvalue weighted by Crippen LogP contribution is 2.37. The van der Waals surface area contributed by atoms with Gasteiger partial charge in [-0.1, -0.05) is 13.3 Å². The van der Waals surface area contributed by atoms with Crippen molar-refractivity contribution >= 4 is 26.6 Å². The van der Waals surface area contributed by atoms with Gasteiger partial charge in [0.1, 0.15) is 5.65 Å². The molecule has 5 nitrogen and oxygen atoms in total. The maximum absolute atomic E-state index is 12.2. The van der Waals surface area contributed by atoms with E-state index in [-0.39, 0.29) is 0 Å². The molecule has 29 heavy (non-hydrogen) atoms. The lowest BCUT2D eigenvalue weighted by atomic mass is 9.84. The first-order chi connectivity index (χ1) is 13.8. The number of pyridine rings is 1. The highest BCUT2D eigenvalue weighted by Gasteiger charge is 2.22. The maximum Gasteiger partial charge on any atom is 0.175 e. The Morgan fingerprint density at radius 2 is 1.86 bits per heavy atom. The van der Waals surface area contributed by atoms with Crippen molar-refractivity contribution in [1.82, 2.24) is 9.97 Å². The number of hydrogen-bond acceptors (Lipinski definition) is 4. The summed E-state index contributed by atoms with van der Waals surface area (Å²) in [5.74, 6) is 0.836. The van der Waals surface area contributed by atoms with Gasteiger partial charge in [-0.15, -0.1) is 0 Å². The van der Waals surface area contributed by atoms with Crippen LogP contribution in [-0.2, 0) is 9.84 Å². The molecular weight excluding hydrogens is 382 g/mol. The number of benzene rings is 1. The van der Waals surface area contributed by atoms with Crippen LogP contribution in [0.25, 0.3) is 22.2 Å². The number of sulfone groups is 1. The SMILES string of the molecule is CCC1CCC(Nc2ccc(S(C)(=O)=O)cc2-c2cc(C)nc3[nH]ccc23)CC1. The van der Waals surface area contributed by atoms with Crippen LogP contribution in [0, 0.1) is 12.8 Å². The number of nitrogens with one attached hydrogen (secondary N) is 2. The van der Waals surface area contributed by atoms with Crippen molar-refractivity contribution < 1.29 is 8.42 Å². The fourth-order valence-corrected chi connectivity index (χ4v) is 5.07. The van der Waals surface area contributed by atoms with Gasteiger partial charge in [0, 0.05) is 40.8 Å². The number of hydrogen-bond donors (Lipinski definition) is 2. The van der Waals surface area contributed by atoms with E-state index in [1.165, 1.54) is 25.5 Å². The average molecular weight is 412 g/mol. The van der Waals surface area contributed by atoms with E-state index < -0.39 is 9.84 Å². The molecule has 6 heteroatoms. The van der Waals surface area contributed by atoms with Crippen LogP contribution >= 0.6 is 0 Å². The molecule has 0 bridgehead atoms. The Kier molecular flexibility index (Phi) is 5.38. The van der Waals surface area contributed by atoms with Crippen LogP contribution in [0.2, 0.25) is 0 Å². The van der Waals surface area contributed by atoms with E-state index in [2.05, 4.69) is 22.2 Å². The molecule has 0 atom stereocenters. The van der Waals surface area contributed by atoms with Crippen LogP contribution in [0.3, 0.4) is 0 Å². The third-order valence-corrected chi connectivity index (χ3v) is 7.26. The lowest BCUT2D eigenvalue weighted by Gasteiger charge is -2.30. The molecule has 0 unspecified atom stereocenters. The summed E-state index contributed by atoms with van der Waals surface area (Å²) in [4.78, 5) is 8.08. The van der Waals surface area contributed by atoms with Crippen molar-refractivity contribution in [3.05, 3.63) is 42.2 Å². The number of H-pyrrole nitrogens is 1. The first-order valence-electron chi connectivity index (χ1n) is 10.4. The average Bonchev–Trinajstić information content (AvgIpc) is 3.16. The number of rotatable bonds is 5. The third kappa shape index (κ3) is 4.17. The summed E-state index contributed by atoms with van der Waals surface area (Å²) in [6, 6.07) is 9.89. The van der Waals surface area contributed by atoms with E-state index >= 15 is 0 Å². The molecule has 1 aliphatic carbocycles. The number of aromatic nitrogens is 2. The third-order valence-electron chi connectivity index (χ3n) is 6.15. The Labute approximate surface area is 172 Å². The molecule has 2 aromatic heterocycles. The summed E-state index contributed by atoms with van der Waals surface area (Å²) in [6.07, 6.45) is 9.20. The summed E-state index contributed by atoms with van der Waals surface area (Å²) in [7, 11) is -3.30. The molecule has 1 aromatic carbocycles. The molecule has 1 aliphatic rings. The second-order valence-electron chi connectivity index (χ2n) is 8.30. The van der Waals surface area contributed by atoms with Crippen molar-refractivity contribution in [3.63, 3.8) is 0 Å². The Balaban J connectivity index is 1.79. The van der Waals surface area contributed by atoms with Gasteiger partial charge >= 0.3 is 0 Å². The number of aromatic amines is 1. The lowest BCUT2D eigenvalue weighted by molar-refractivity contribution is 0.330. The van der Waals surface area contributed by atoms with E-state index in [1.807, 2.05) is 31.3 Å². The molecule has 1 saturated carbocycles. The predicted octanol–water partition coefficient (Wildman–Crippen LogP) is 5.32. The minimum atomic E-state index is -3.30. The topological polar surface area (TPSA) is 74.8 Å². The van der Waals surface area contributed by atoms with Gasteiger partial charge in [0.15, 0.2) is 9.84 Å². The molecule has 3 aromatic rings. The van der Waals surface area contributed by atoms with Gasteiger partial charge in [0.25, 0.3) is 0 Å². The molecule has 0 aliphatic heterocycles. The lowest BCUT2D eigenvalue weighted by Crippen LogP contribution is -2.26. The number of anilines is 1. The van der Waals surface area contributed by atoms with Crippen LogP contribution in [0.15, 0.2) is 41.4 Å². The molecule has 0 spiro atoms. The van der Waals surface area contributed by atoms with E-state index in [1.54, 1.807) is 12.1 Å². The van der Waals surface area contributed by atoms with E-state index in [0.29, 0.717) is 10.9 Å². The van der Waals surface area contributed by atoms with Gasteiger partial charge in [-0.25, -0.2) is 13.4 Å². The molecule has 4 rings (SSSR count). The van der Waals surface area contributed by atoms with E-state index in [4.69, 9.17) is 0 Å². The monoisotopic (exact) mass is 411 g/mol. The minimum Gasteiger partial charge on any atom is -0.382 e. The summed E-state index contributed by atoms with van der Waals surface area (Å²) >= 11 is 0. The van der Waals surface area contributed by atoms with Gasteiger partial charge < -0.3 is 10.3 Å². The van der Waals surface area contributed by atoms with E-state index in [9.17, 15) is 8.42 Å². The van der Waals surface area contributed by atoms with Crippen LogP contribution in [0.4, 0.5) is 5.69 Å². The summed E-state index contributed by atoms with van der Waals surface area (Å²) in [6.45, 7) is 4.23. The normalized spacial score (nSPS) is 20.1. The van der Waals surface area contributed by atoms with Crippen molar-refractivity contribution in [1.29, 1.82) is 0 Å². The minimum absolute atomic E-state index is 0.339. The Bertz CT molecular complexity index is 1130. The summed E-state index contributed by atoms with van der Waals surface area (Å²) in [5.41, 5.74) is 4.63. The molecule has 1 fully saturated rings. The summed E-state index contributed by atoms with van der Waals surface area (Å²) < 4.78 is 24.5. The number of nitrogens with zero attached hydrogens (tertiary/aromatic N) is 1. The Hall–Kier alpha value is -2.34. The predicted molar refractivity (Wildman–Crippen MR) is 119 cm³/mol. The smallest absolute Gasteiger partial charge is 0.175 e. The van der Waals surface area contributed by atoms with Crippen molar-refractivity contribution in [2.45, 2.75) is 56.9 Å². The first kappa shape index (κ1) is 20.0. The Morgan fingerprint density at radius 1 is 1.10 bits per heavy atom. The van der Waals surface area contributed by atoms with Crippen molar-refractivity contribution in [2.24, 2.45) is 5.92 Å². The summed E-state index contributed by atoms with van der Waals surface area (Å²) in [5, 5.41) is 4.72. The Morgan fingerprint density at radius 3 is 2.55 bits per heavy atom. The fraction of sp³-hybridized carbons (Fsp3) is 0.435. The van der Waals surface area contributed by atoms with Crippen LogP contribution in [-0.4, -0.2) is 30.7 Å². The molecule has 0 radical (unpaired) electrons. The second-order valence-corrected chi connectivity index (χ2v) is 10.3. The highest BCUT2D eigenvalue weighted by atomic mass is 32.2. The van der Waals surface area contributed by atoms with Gasteiger partial charge in [0.2, 0.25) is 0 Å². The fourth-order valence-electron chi connectivity index (χ4n) is 4.43. The first-order valence-corrected chi connectivity index (χ1v) is 12.3. The molecule has 0 saturated heterocycles. The van der Waals surface area contributed by atoms with Gasteiger partial charge in [-0.2, -0.15) is 0 Å². The quantitative estimate of drug-likeness (QED) is 0.596.